The zero-order valence-corrected chi connectivity index (χ0v) is 12.2. The molecule has 1 heterocycles. The predicted molar refractivity (Wildman–Crippen MR) is 83.5 cm³/mol. The molecule has 1 aliphatic rings. The van der Waals surface area contributed by atoms with E-state index in [1.54, 1.807) is 12.1 Å². The van der Waals surface area contributed by atoms with E-state index in [1.165, 1.54) is 23.3 Å². The Morgan fingerprint density at radius 3 is 2.50 bits per heavy atom. The van der Waals surface area contributed by atoms with E-state index in [0.717, 1.165) is 19.5 Å². The van der Waals surface area contributed by atoms with Crippen LogP contribution in [0.2, 0.25) is 0 Å². The summed E-state index contributed by atoms with van der Waals surface area (Å²) < 4.78 is 0. The molecule has 1 N–H and O–H groups in total. The minimum absolute atomic E-state index is 0.0443. The molecule has 114 valence electrons. The molecule has 1 atom stereocenters. The van der Waals surface area contributed by atoms with Crippen molar-refractivity contribution in [1.29, 1.82) is 0 Å². The van der Waals surface area contributed by atoms with E-state index in [2.05, 4.69) is 23.1 Å². The minimum Gasteiger partial charge on any atom is -0.387 e. The first-order valence-electron chi connectivity index (χ1n) is 7.35. The molecular formula is C17H18N2O3. The van der Waals surface area contributed by atoms with Crippen molar-refractivity contribution in [3.63, 3.8) is 0 Å². The van der Waals surface area contributed by atoms with Crippen molar-refractivity contribution in [2.45, 2.75) is 19.1 Å². The summed E-state index contributed by atoms with van der Waals surface area (Å²) in [6, 6.07) is 14.5. The normalized spacial score (nSPS) is 16.0. The van der Waals surface area contributed by atoms with Gasteiger partial charge in [0.1, 0.15) is 0 Å². The lowest BCUT2D eigenvalue weighted by molar-refractivity contribution is -0.384. The molecule has 0 aromatic heterocycles. The van der Waals surface area contributed by atoms with Crippen molar-refractivity contribution in [2.24, 2.45) is 0 Å². The fraction of sp³-hybridized carbons (Fsp3) is 0.294. The number of β-amino-alcohol motifs (C(OH)–C–C–N with tert-alkyl or cyclic N) is 1. The third-order valence-electron chi connectivity index (χ3n) is 4.13. The first-order chi connectivity index (χ1) is 10.6. The molecule has 2 aromatic rings. The predicted octanol–water partition coefficient (Wildman–Crippen LogP) is 2.69. The third-order valence-corrected chi connectivity index (χ3v) is 4.13. The molecule has 5 heteroatoms. The van der Waals surface area contributed by atoms with Crippen molar-refractivity contribution in [2.75, 3.05) is 13.1 Å². The molecule has 0 spiro atoms. The fourth-order valence-electron chi connectivity index (χ4n) is 2.88. The maximum atomic E-state index is 10.7. The Hall–Kier alpha value is -2.24. The summed E-state index contributed by atoms with van der Waals surface area (Å²) in [5.41, 5.74) is 3.44. The number of rotatable bonds is 4. The van der Waals surface area contributed by atoms with Gasteiger partial charge >= 0.3 is 0 Å². The molecule has 2 aromatic carbocycles. The molecular weight excluding hydrogens is 280 g/mol. The average molecular weight is 298 g/mol. The van der Waals surface area contributed by atoms with Crippen LogP contribution in [-0.2, 0) is 13.0 Å². The summed E-state index contributed by atoms with van der Waals surface area (Å²) in [7, 11) is 0. The van der Waals surface area contributed by atoms with Crippen LogP contribution in [0.4, 0.5) is 5.69 Å². The molecule has 3 rings (SSSR count). The van der Waals surface area contributed by atoms with Crippen molar-refractivity contribution < 1.29 is 10.0 Å². The third kappa shape index (κ3) is 3.16. The minimum atomic E-state index is -0.633. The van der Waals surface area contributed by atoms with E-state index < -0.39 is 11.0 Å². The smallest absolute Gasteiger partial charge is 0.269 e. The van der Waals surface area contributed by atoms with Gasteiger partial charge in [0.15, 0.2) is 0 Å². The number of aliphatic hydroxyl groups excluding tert-OH is 1. The van der Waals surface area contributed by atoms with Gasteiger partial charge in [-0.3, -0.25) is 15.0 Å². The van der Waals surface area contributed by atoms with Crippen LogP contribution in [0.1, 0.15) is 22.8 Å². The second-order valence-electron chi connectivity index (χ2n) is 5.62. The average Bonchev–Trinajstić information content (AvgIpc) is 2.55. The number of nitro benzene ring substituents is 1. The standard InChI is InChI=1S/C17H18N2O3/c20-17(14-5-7-16(8-6-14)19(21)22)12-18-10-9-13-3-1-2-4-15(13)11-18/h1-8,17,20H,9-12H2. The fourth-order valence-corrected chi connectivity index (χ4v) is 2.88. The summed E-state index contributed by atoms with van der Waals surface area (Å²) in [5, 5.41) is 21.0. The van der Waals surface area contributed by atoms with Gasteiger partial charge in [0, 0.05) is 31.8 Å². The van der Waals surface area contributed by atoms with E-state index in [1.807, 2.05) is 6.07 Å². The summed E-state index contributed by atoms with van der Waals surface area (Å²) >= 11 is 0. The Labute approximate surface area is 129 Å². The maximum absolute atomic E-state index is 10.7. The first kappa shape index (κ1) is 14.7. The first-order valence-corrected chi connectivity index (χ1v) is 7.35. The van der Waals surface area contributed by atoms with Crippen LogP contribution in [0, 0.1) is 10.1 Å². The van der Waals surface area contributed by atoms with Gasteiger partial charge in [-0.15, -0.1) is 0 Å². The summed E-state index contributed by atoms with van der Waals surface area (Å²) in [5.74, 6) is 0. The van der Waals surface area contributed by atoms with E-state index in [0.29, 0.717) is 12.1 Å². The molecule has 1 aliphatic heterocycles. The van der Waals surface area contributed by atoms with E-state index in [-0.39, 0.29) is 5.69 Å². The SMILES string of the molecule is O=[N+]([O-])c1ccc(C(O)CN2CCc3ccccc3C2)cc1. The number of hydrogen-bond acceptors (Lipinski definition) is 4. The number of non-ortho nitro benzene ring substituents is 1. The monoisotopic (exact) mass is 298 g/mol. The van der Waals surface area contributed by atoms with Crippen molar-refractivity contribution in [1.82, 2.24) is 4.90 Å². The Morgan fingerprint density at radius 2 is 1.82 bits per heavy atom. The molecule has 0 bridgehead atoms. The molecule has 0 amide bonds. The maximum Gasteiger partial charge on any atom is 0.269 e. The van der Waals surface area contributed by atoms with Gasteiger partial charge in [-0.2, -0.15) is 0 Å². The van der Waals surface area contributed by atoms with Gasteiger partial charge < -0.3 is 5.11 Å². The van der Waals surface area contributed by atoms with Gasteiger partial charge in [0.25, 0.3) is 5.69 Å². The van der Waals surface area contributed by atoms with Crippen LogP contribution < -0.4 is 0 Å². The lowest BCUT2D eigenvalue weighted by Crippen LogP contribution is -2.33. The molecule has 0 aliphatic carbocycles. The molecule has 1 unspecified atom stereocenters. The lowest BCUT2D eigenvalue weighted by Gasteiger charge is -2.30. The number of fused-ring (bicyclic) bond motifs is 1. The molecule has 5 nitrogen and oxygen atoms in total. The van der Waals surface area contributed by atoms with Crippen LogP contribution in [0.15, 0.2) is 48.5 Å². The van der Waals surface area contributed by atoms with Crippen LogP contribution >= 0.6 is 0 Å². The lowest BCUT2D eigenvalue weighted by atomic mass is 9.99. The zero-order chi connectivity index (χ0) is 15.5. The molecule has 0 fully saturated rings. The largest absolute Gasteiger partial charge is 0.387 e. The van der Waals surface area contributed by atoms with E-state index >= 15 is 0 Å². The number of benzene rings is 2. The molecule has 0 radical (unpaired) electrons. The van der Waals surface area contributed by atoms with Gasteiger partial charge in [-0.25, -0.2) is 0 Å². The molecule has 0 saturated heterocycles. The summed E-state index contributed by atoms with van der Waals surface area (Å²) in [4.78, 5) is 12.4. The van der Waals surface area contributed by atoms with Crippen molar-refractivity contribution in [3.8, 4) is 0 Å². The molecule has 22 heavy (non-hydrogen) atoms. The Morgan fingerprint density at radius 1 is 1.14 bits per heavy atom. The Balaban J connectivity index is 1.65. The Bertz CT molecular complexity index is 670. The second-order valence-corrected chi connectivity index (χ2v) is 5.62. The van der Waals surface area contributed by atoms with Gasteiger partial charge in [-0.05, 0) is 35.2 Å². The van der Waals surface area contributed by atoms with E-state index in [9.17, 15) is 15.2 Å². The zero-order valence-electron chi connectivity index (χ0n) is 12.2. The van der Waals surface area contributed by atoms with Crippen LogP contribution in [0.25, 0.3) is 0 Å². The van der Waals surface area contributed by atoms with E-state index in [4.69, 9.17) is 0 Å². The van der Waals surface area contributed by atoms with Crippen molar-refractivity contribution >= 4 is 5.69 Å². The van der Waals surface area contributed by atoms with Crippen molar-refractivity contribution in [3.05, 3.63) is 75.3 Å². The number of hydrogen-bond donors (Lipinski definition) is 1. The van der Waals surface area contributed by atoms with Crippen LogP contribution in [-0.4, -0.2) is 28.0 Å². The number of nitro groups is 1. The highest BCUT2D eigenvalue weighted by Crippen LogP contribution is 2.23. The van der Waals surface area contributed by atoms with Crippen LogP contribution in [0.3, 0.4) is 0 Å². The Kier molecular flexibility index (Phi) is 4.18. The van der Waals surface area contributed by atoms with Gasteiger partial charge in [0.2, 0.25) is 0 Å². The van der Waals surface area contributed by atoms with Gasteiger partial charge in [0.05, 0.1) is 11.0 Å². The second kappa shape index (κ2) is 6.25. The quantitative estimate of drug-likeness (QED) is 0.696. The summed E-state index contributed by atoms with van der Waals surface area (Å²) in [6.07, 6.45) is 0.356. The topological polar surface area (TPSA) is 66.6 Å². The summed E-state index contributed by atoms with van der Waals surface area (Å²) in [6.45, 7) is 2.29. The number of nitrogens with zero attached hydrogens (tertiary/aromatic N) is 2. The molecule has 0 saturated carbocycles. The highest BCUT2D eigenvalue weighted by atomic mass is 16.6. The van der Waals surface area contributed by atoms with Gasteiger partial charge in [-0.1, -0.05) is 24.3 Å². The highest BCUT2D eigenvalue weighted by molar-refractivity contribution is 5.34. The highest BCUT2D eigenvalue weighted by Gasteiger charge is 2.19. The van der Waals surface area contributed by atoms with Crippen LogP contribution in [0.5, 0.6) is 0 Å². The number of aliphatic hydroxyl groups is 1.